The monoisotopic (exact) mass is 320 g/mol. The van der Waals surface area contributed by atoms with E-state index in [9.17, 15) is 4.79 Å². The third kappa shape index (κ3) is 3.99. The largest absolute Gasteiger partial charge is 0.339 e. The Morgan fingerprint density at radius 2 is 1.79 bits per heavy atom. The van der Waals surface area contributed by atoms with Crippen LogP contribution in [0.1, 0.15) is 5.56 Å². The van der Waals surface area contributed by atoms with E-state index in [0.29, 0.717) is 10.0 Å². The average Bonchev–Trinajstić information content (AvgIpc) is 2.43. The van der Waals surface area contributed by atoms with Gasteiger partial charge in [-0.05, 0) is 17.7 Å². The molecule has 0 spiro atoms. The Hall–Kier alpha value is -0.480. The van der Waals surface area contributed by atoms with Crippen LogP contribution in [0.25, 0.3) is 0 Å². The molecule has 19 heavy (non-hydrogen) atoms. The lowest BCUT2D eigenvalue weighted by atomic mass is 10.2. The average molecular weight is 322 g/mol. The maximum atomic E-state index is 11.5. The molecule has 1 amide bonds. The molecule has 3 nitrogen and oxygen atoms in total. The first kappa shape index (κ1) is 14.9. The first-order chi connectivity index (χ1) is 9.10. The van der Waals surface area contributed by atoms with E-state index in [1.807, 2.05) is 18.2 Å². The number of piperazine rings is 1. The number of benzene rings is 1. The van der Waals surface area contributed by atoms with Crippen LogP contribution in [0.5, 0.6) is 0 Å². The predicted octanol–water partition coefficient (Wildman–Crippen LogP) is 2.88. The van der Waals surface area contributed by atoms with Crippen molar-refractivity contribution in [1.82, 2.24) is 9.80 Å². The zero-order valence-electron chi connectivity index (χ0n) is 10.4. The molecule has 1 aromatic rings. The molecule has 2 rings (SSSR count). The fourth-order valence-electron chi connectivity index (χ4n) is 2.14. The highest BCUT2D eigenvalue weighted by Gasteiger charge is 2.20. The van der Waals surface area contributed by atoms with Gasteiger partial charge in [-0.3, -0.25) is 9.69 Å². The highest BCUT2D eigenvalue weighted by Crippen LogP contribution is 2.23. The van der Waals surface area contributed by atoms with Gasteiger partial charge in [0.05, 0.1) is 10.0 Å². The standard InChI is InChI=1S/C13H15Cl3N2O/c14-8-13(19)18-5-3-17(4-6-18)9-10-1-2-11(15)12(16)7-10/h1-2,7H,3-6,8-9H2. The van der Waals surface area contributed by atoms with Crippen LogP contribution in [-0.2, 0) is 11.3 Å². The molecule has 1 aromatic carbocycles. The van der Waals surface area contributed by atoms with Crippen LogP contribution in [0.2, 0.25) is 10.0 Å². The molecule has 0 N–H and O–H groups in total. The van der Waals surface area contributed by atoms with Crippen molar-refractivity contribution >= 4 is 40.7 Å². The summed E-state index contributed by atoms with van der Waals surface area (Å²) in [5.41, 5.74) is 1.13. The number of hydrogen-bond acceptors (Lipinski definition) is 2. The molecule has 0 radical (unpaired) electrons. The molecule has 0 saturated carbocycles. The van der Waals surface area contributed by atoms with Crippen molar-refractivity contribution in [1.29, 1.82) is 0 Å². The van der Waals surface area contributed by atoms with E-state index in [2.05, 4.69) is 4.90 Å². The van der Waals surface area contributed by atoms with Crippen LogP contribution in [0.3, 0.4) is 0 Å². The highest BCUT2D eigenvalue weighted by atomic mass is 35.5. The van der Waals surface area contributed by atoms with Crippen LogP contribution in [0.15, 0.2) is 18.2 Å². The summed E-state index contributed by atoms with van der Waals surface area (Å²) in [7, 11) is 0. The van der Waals surface area contributed by atoms with Crippen LogP contribution < -0.4 is 0 Å². The van der Waals surface area contributed by atoms with Crippen LogP contribution in [0.4, 0.5) is 0 Å². The van der Waals surface area contributed by atoms with E-state index in [4.69, 9.17) is 34.8 Å². The van der Waals surface area contributed by atoms with Gasteiger partial charge in [0.2, 0.25) is 5.91 Å². The van der Waals surface area contributed by atoms with Gasteiger partial charge in [0.25, 0.3) is 0 Å². The minimum absolute atomic E-state index is 0.0101. The third-order valence-corrected chi connectivity index (χ3v) is 4.20. The predicted molar refractivity (Wildman–Crippen MR) is 79.0 cm³/mol. The summed E-state index contributed by atoms with van der Waals surface area (Å²) in [5.74, 6) is 0.0723. The van der Waals surface area contributed by atoms with E-state index in [0.717, 1.165) is 38.3 Å². The molecule has 1 fully saturated rings. The van der Waals surface area contributed by atoms with Crippen molar-refractivity contribution in [3.05, 3.63) is 33.8 Å². The first-order valence-electron chi connectivity index (χ1n) is 6.10. The zero-order valence-corrected chi connectivity index (χ0v) is 12.7. The molecule has 1 heterocycles. The van der Waals surface area contributed by atoms with Gasteiger partial charge in [-0.25, -0.2) is 0 Å². The van der Waals surface area contributed by atoms with Crippen LogP contribution >= 0.6 is 34.8 Å². The van der Waals surface area contributed by atoms with Crippen molar-refractivity contribution in [2.24, 2.45) is 0 Å². The fraction of sp³-hybridized carbons (Fsp3) is 0.462. The first-order valence-corrected chi connectivity index (χ1v) is 7.39. The minimum atomic E-state index is 0.0101. The summed E-state index contributed by atoms with van der Waals surface area (Å²) < 4.78 is 0. The van der Waals surface area contributed by atoms with E-state index < -0.39 is 0 Å². The number of alkyl halides is 1. The summed E-state index contributed by atoms with van der Waals surface area (Å²) >= 11 is 17.4. The third-order valence-electron chi connectivity index (χ3n) is 3.23. The summed E-state index contributed by atoms with van der Waals surface area (Å²) in [6.07, 6.45) is 0. The summed E-state index contributed by atoms with van der Waals surface area (Å²) in [6, 6.07) is 5.68. The van der Waals surface area contributed by atoms with E-state index in [1.165, 1.54) is 0 Å². The lowest BCUT2D eigenvalue weighted by Crippen LogP contribution is -2.48. The number of rotatable bonds is 3. The minimum Gasteiger partial charge on any atom is -0.339 e. The molecule has 104 valence electrons. The molecule has 0 bridgehead atoms. The maximum absolute atomic E-state index is 11.5. The number of carbonyl (C=O) groups excluding carboxylic acids is 1. The smallest absolute Gasteiger partial charge is 0.237 e. The molecule has 0 atom stereocenters. The highest BCUT2D eigenvalue weighted by molar-refractivity contribution is 6.42. The van der Waals surface area contributed by atoms with Gasteiger partial charge in [-0.2, -0.15) is 0 Å². The lowest BCUT2D eigenvalue weighted by Gasteiger charge is -2.34. The van der Waals surface area contributed by atoms with Gasteiger partial charge in [0, 0.05) is 32.7 Å². The summed E-state index contributed by atoms with van der Waals surface area (Å²) in [6.45, 7) is 3.98. The molecule has 0 aliphatic carbocycles. The van der Waals surface area contributed by atoms with E-state index >= 15 is 0 Å². The number of amides is 1. The van der Waals surface area contributed by atoms with Gasteiger partial charge in [0.15, 0.2) is 0 Å². The van der Waals surface area contributed by atoms with Crippen molar-refractivity contribution in [2.75, 3.05) is 32.1 Å². The normalized spacial score (nSPS) is 16.7. The second-order valence-electron chi connectivity index (χ2n) is 4.54. The Bertz CT molecular complexity index is 459. The van der Waals surface area contributed by atoms with Gasteiger partial charge < -0.3 is 4.90 Å². The molecule has 1 saturated heterocycles. The van der Waals surface area contributed by atoms with Crippen molar-refractivity contribution in [2.45, 2.75) is 6.54 Å². The lowest BCUT2D eigenvalue weighted by molar-refractivity contribution is -0.130. The van der Waals surface area contributed by atoms with Crippen LogP contribution in [0, 0.1) is 0 Å². The Morgan fingerprint density at radius 1 is 1.11 bits per heavy atom. The summed E-state index contributed by atoms with van der Waals surface area (Å²) in [5, 5.41) is 1.15. The number of carbonyl (C=O) groups is 1. The number of hydrogen-bond donors (Lipinski definition) is 0. The number of halogens is 3. The Kier molecular flexibility index (Phi) is 5.34. The number of nitrogens with zero attached hydrogens (tertiary/aromatic N) is 2. The van der Waals surface area contributed by atoms with Crippen LogP contribution in [-0.4, -0.2) is 47.8 Å². The van der Waals surface area contributed by atoms with Crippen molar-refractivity contribution in [3.8, 4) is 0 Å². The Labute approximate surface area is 128 Å². The molecule has 0 unspecified atom stereocenters. The molecule has 0 aromatic heterocycles. The molecular weight excluding hydrogens is 307 g/mol. The molecule has 1 aliphatic heterocycles. The fourth-order valence-corrected chi connectivity index (χ4v) is 2.63. The van der Waals surface area contributed by atoms with Gasteiger partial charge >= 0.3 is 0 Å². The van der Waals surface area contributed by atoms with Gasteiger partial charge in [0.1, 0.15) is 5.88 Å². The summed E-state index contributed by atoms with van der Waals surface area (Å²) in [4.78, 5) is 15.6. The maximum Gasteiger partial charge on any atom is 0.237 e. The molecular formula is C13H15Cl3N2O. The van der Waals surface area contributed by atoms with Gasteiger partial charge in [-0.1, -0.05) is 29.3 Å². The van der Waals surface area contributed by atoms with E-state index in [-0.39, 0.29) is 11.8 Å². The second kappa shape index (κ2) is 6.80. The Morgan fingerprint density at radius 3 is 2.37 bits per heavy atom. The zero-order chi connectivity index (χ0) is 13.8. The topological polar surface area (TPSA) is 23.6 Å². The van der Waals surface area contributed by atoms with E-state index in [1.54, 1.807) is 4.90 Å². The van der Waals surface area contributed by atoms with Gasteiger partial charge in [-0.15, -0.1) is 11.6 Å². The molecule has 6 heteroatoms. The van der Waals surface area contributed by atoms with Crippen molar-refractivity contribution < 1.29 is 4.79 Å². The Balaban J connectivity index is 1.88. The quantitative estimate of drug-likeness (QED) is 0.799. The second-order valence-corrected chi connectivity index (χ2v) is 5.62. The van der Waals surface area contributed by atoms with Crippen molar-refractivity contribution in [3.63, 3.8) is 0 Å². The molecule has 1 aliphatic rings. The SMILES string of the molecule is O=C(CCl)N1CCN(Cc2ccc(Cl)c(Cl)c2)CC1.